The zero-order valence-corrected chi connectivity index (χ0v) is 15.0. The number of aryl methyl sites for hydroxylation is 1. The predicted octanol–water partition coefficient (Wildman–Crippen LogP) is 5.10. The van der Waals surface area contributed by atoms with Crippen LogP contribution >= 0.6 is 0 Å². The number of nitrogens with one attached hydrogen (secondary N) is 1. The highest BCUT2D eigenvalue weighted by atomic mass is 19.4. The summed E-state index contributed by atoms with van der Waals surface area (Å²) in [5, 5.41) is 0. The summed E-state index contributed by atoms with van der Waals surface area (Å²) < 4.78 is 40.3. The van der Waals surface area contributed by atoms with Crippen molar-refractivity contribution in [1.29, 1.82) is 0 Å². The molecule has 0 bridgehead atoms. The van der Waals surface area contributed by atoms with Gasteiger partial charge in [-0.3, -0.25) is 9.88 Å². The lowest BCUT2D eigenvalue weighted by molar-refractivity contribution is -0.162. The molecule has 1 aliphatic heterocycles. The van der Waals surface area contributed by atoms with E-state index in [-0.39, 0.29) is 6.04 Å². The maximum atomic E-state index is 13.4. The van der Waals surface area contributed by atoms with Crippen LogP contribution in [0.1, 0.15) is 48.4 Å². The van der Waals surface area contributed by atoms with Gasteiger partial charge in [-0.15, -0.1) is 0 Å². The van der Waals surface area contributed by atoms with Crippen molar-refractivity contribution in [3.63, 3.8) is 0 Å². The summed E-state index contributed by atoms with van der Waals surface area (Å²) in [6.45, 7) is 0.925. The molecule has 1 N–H and O–H groups in total. The molecule has 1 aliphatic rings. The van der Waals surface area contributed by atoms with Gasteiger partial charge in [-0.05, 0) is 49.9 Å². The summed E-state index contributed by atoms with van der Waals surface area (Å²) in [7, 11) is 0. The third kappa shape index (κ3) is 3.69. The number of rotatable bonds is 3. The topological polar surface area (TPSA) is 44.8 Å². The molecule has 0 saturated carbocycles. The number of para-hydroxylation sites is 2. The second-order valence-corrected chi connectivity index (χ2v) is 7.09. The smallest absolute Gasteiger partial charge is 0.341 e. The minimum absolute atomic E-state index is 0.375. The van der Waals surface area contributed by atoms with Crippen LogP contribution in [0.25, 0.3) is 11.0 Å². The van der Waals surface area contributed by atoms with Gasteiger partial charge in [-0.2, -0.15) is 13.2 Å². The largest absolute Gasteiger partial charge is 0.401 e. The van der Waals surface area contributed by atoms with Gasteiger partial charge in [0.05, 0.1) is 35.4 Å². The molecule has 1 saturated heterocycles. The molecule has 0 radical (unpaired) electrons. The number of pyridine rings is 1. The van der Waals surface area contributed by atoms with Crippen molar-refractivity contribution < 1.29 is 13.2 Å². The number of H-pyrrole nitrogens is 1. The van der Waals surface area contributed by atoms with Gasteiger partial charge in [0.15, 0.2) is 0 Å². The van der Waals surface area contributed by atoms with E-state index >= 15 is 0 Å². The highest BCUT2D eigenvalue weighted by Crippen LogP contribution is 2.42. The van der Waals surface area contributed by atoms with Gasteiger partial charge >= 0.3 is 6.18 Å². The van der Waals surface area contributed by atoms with E-state index in [9.17, 15) is 13.2 Å². The predicted molar refractivity (Wildman–Crippen MR) is 97.2 cm³/mol. The molecule has 3 aromatic rings. The number of hydrogen-bond donors (Lipinski definition) is 1. The molecule has 0 amide bonds. The number of piperidine rings is 1. The number of imidazole rings is 1. The SMILES string of the molecule is Cc1cccnc1[C@@H]1CCC[C@H](c2nc3ccccc3[nH]2)N1CC(F)(F)F. The number of nitrogens with zero attached hydrogens (tertiary/aromatic N) is 3. The molecule has 2 atom stereocenters. The molecule has 7 heteroatoms. The molecule has 1 aromatic carbocycles. The monoisotopic (exact) mass is 374 g/mol. The Morgan fingerprint density at radius 1 is 1.11 bits per heavy atom. The minimum atomic E-state index is -4.29. The van der Waals surface area contributed by atoms with E-state index in [0.29, 0.717) is 18.7 Å². The number of likely N-dealkylation sites (tertiary alicyclic amines) is 1. The summed E-state index contributed by atoms with van der Waals surface area (Å²) in [5.74, 6) is 0.596. The molecule has 4 nitrogen and oxygen atoms in total. The fourth-order valence-corrected chi connectivity index (χ4v) is 4.05. The van der Waals surface area contributed by atoms with Gasteiger partial charge in [-0.25, -0.2) is 4.98 Å². The standard InChI is InChI=1S/C20H21F3N4/c1-13-6-5-11-24-18(13)16-9-4-10-17(27(16)12-20(21,22)23)19-25-14-7-2-3-8-15(14)26-19/h2-3,5-8,11,16-17H,4,9-10,12H2,1H3,(H,25,26)/t16-,17+/m0/s1. The Hall–Kier alpha value is -2.41. The van der Waals surface area contributed by atoms with Gasteiger partial charge in [-0.1, -0.05) is 18.2 Å². The molecule has 4 rings (SSSR count). The Balaban J connectivity index is 1.75. The number of aromatic amines is 1. The van der Waals surface area contributed by atoms with E-state index in [1.165, 1.54) is 4.90 Å². The third-order valence-corrected chi connectivity index (χ3v) is 5.21. The Bertz CT molecular complexity index is 901. The number of aromatic nitrogens is 3. The van der Waals surface area contributed by atoms with Crippen LogP contribution in [-0.4, -0.2) is 32.6 Å². The van der Waals surface area contributed by atoms with Gasteiger partial charge in [0.1, 0.15) is 5.82 Å². The van der Waals surface area contributed by atoms with E-state index in [0.717, 1.165) is 28.7 Å². The minimum Gasteiger partial charge on any atom is -0.341 e. The van der Waals surface area contributed by atoms with Crippen molar-refractivity contribution in [3.8, 4) is 0 Å². The summed E-state index contributed by atoms with van der Waals surface area (Å²) in [6.07, 6.45) is -0.513. The van der Waals surface area contributed by atoms with Gasteiger partial charge in [0, 0.05) is 6.20 Å². The zero-order chi connectivity index (χ0) is 19.0. The van der Waals surface area contributed by atoms with Crippen LogP contribution in [0.3, 0.4) is 0 Å². The van der Waals surface area contributed by atoms with E-state index < -0.39 is 18.8 Å². The lowest BCUT2D eigenvalue weighted by atomic mass is 9.91. The van der Waals surface area contributed by atoms with Crippen LogP contribution in [0.5, 0.6) is 0 Å². The molecular formula is C20H21F3N4. The Morgan fingerprint density at radius 2 is 1.89 bits per heavy atom. The highest BCUT2D eigenvalue weighted by molar-refractivity contribution is 5.74. The average molecular weight is 374 g/mol. The molecule has 1 fully saturated rings. The summed E-state index contributed by atoms with van der Waals surface area (Å²) in [5.41, 5.74) is 3.26. The zero-order valence-electron chi connectivity index (χ0n) is 15.0. The van der Waals surface area contributed by atoms with E-state index in [1.807, 2.05) is 43.3 Å². The number of hydrogen-bond acceptors (Lipinski definition) is 3. The Kier molecular flexibility index (Phi) is 4.63. The first kappa shape index (κ1) is 18.0. The molecular weight excluding hydrogens is 353 g/mol. The van der Waals surface area contributed by atoms with Crippen LogP contribution in [-0.2, 0) is 0 Å². The van der Waals surface area contributed by atoms with Crippen LogP contribution in [0, 0.1) is 6.92 Å². The fourth-order valence-electron chi connectivity index (χ4n) is 4.05. The Morgan fingerprint density at radius 3 is 2.63 bits per heavy atom. The highest BCUT2D eigenvalue weighted by Gasteiger charge is 2.42. The van der Waals surface area contributed by atoms with Crippen molar-refractivity contribution >= 4 is 11.0 Å². The fraction of sp³-hybridized carbons (Fsp3) is 0.400. The van der Waals surface area contributed by atoms with Crippen LogP contribution in [0.2, 0.25) is 0 Å². The van der Waals surface area contributed by atoms with Crippen molar-refractivity contribution in [2.75, 3.05) is 6.54 Å². The maximum Gasteiger partial charge on any atom is 0.401 e. The molecule has 3 heterocycles. The molecule has 0 aliphatic carbocycles. The Labute approximate surface area is 155 Å². The first-order valence-electron chi connectivity index (χ1n) is 9.11. The molecule has 0 spiro atoms. The van der Waals surface area contributed by atoms with Gasteiger partial charge < -0.3 is 4.98 Å². The van der Waals surface area contributed by atoms with Crippen molar-refractivity contribution in [3.05, 3.63) is 59.7 Å². The first-order chi connectivity index (χ1) is 12.9. The third-order valence-electron chi connectivity index (χ3n) is 5.21. The summed E-state index contributed by atoms with van der Waals surface area (Å²) >= 11 is 0. The summed E-state index contributed by atoms with van der Waals surface area (Å²) in [4.78, 5) is 13.7. The van der Waals surface area contributed by atoms with Crippen molar-refractivity contribution in [2.45, 2.75) is 44.4 Å². The molecule has 2 aromatic heterocycles. The first-order valence-corrected chi connectivity index (χ1v) is 9.11. The average Bonchev–Trinajstić information content (AvgIpc) is 3.05. The maximum absolute atomic E-state index is 13.4. The second-order valence-electron chi connectivity index (χ2n) is 7.09. The van der Waals surface area contributed by atoms with E-state index in [4.69, 9.17) is 0 Å². The molecule has 0 unspecified atom stereocenters. The second kappa shape index (κ2) is 6.96. The summed E-state index contributed by atoms with van der Waals surface area (Å²) in [6, 6.07) is 10.4. The van der Waals surface area contributed by atoms with Gasteiger partial charge in [0.2, 0.25) is 0 Å². The lowest BCUT2D eigenvalue weighted by Gasteiger charge is -2.41. The molecule has 142 valence electrons. The van der Waals surface area contributed by atoms with Gasteiger partial charge in [0.25, 0.3) is 0 Å². The number of benzene rings is 1. The number of fused-ring (bicyclic) bond motifs is 1. The van der Waals surface area contributed by atoms with Crippen LogP contribution < -0.4 is 0 Å². The van der Waals surface area contributed by atoms with Crippen molar-refractivity contribution in [1.82, 2.24) is 19.9 Å². The van der Waals surface area contributed by atoms with E-state index in [1.54, 1.807) is 6.20 Å². The van der Waals surface area contributed by atoms with Crippen LogP contribution in [0.4, 0.5) is 13.2 Å². The molecule has 27 heavy (non-hydrogen) atoms. The lowest BCUT2D eigenvalue weighted by Crippen LogP contribution is -2.43. The van der Waals surface area contributed by atoms with E-state index in [2.05, 4.69) is 15.0 Å². The number of alkyl halides is 3. The quantitative estimate of drug-likeness (QED) is 0.694. The number of halogens is 3. The van der Waals surface area contributed by atoms with Crippen molar-refractivity contribution in [2.24, 2.45) is 0 Å². The van der Waals surface area contributed by atoms with Crippen LogP contribution in [0.15, 0.2) is 42.6 Å². The normalized spacial score (nSPS) is 21.6.